The normalized spacial score (nSPS) is 12.7. The largest absolute Gasteiger partial charge is 0.303 e. The van der Waals surface area contributed by atoms with E-state index >= 15 is 0 Å². The number of hydrogen-bond acceptors (Lipinski definition) is 3. The van der Waals surface area contributed by atoms with Crippen LogP contribution in [-0.2, 0) is 0 Å². The fraction of sp³-hybridized carbons (Fsp3) is 0.571. The molecule has 0 saturated heterocycles. The quantitative estimate of drug-likeness (QED) is 0.700. The van der Waals surface area contributed by atoms with Crippen molar-refractivity contribution in [1.29, 1.82) is 0 Å². The van der Waals surface area contributed by atoms with Gasteiger partial charge in [0.1, 0.15) is 11.5 Å². The van der Waals surface area contributed by atoms with Crippen LogP contribution in [0.3, 0.4) is 0 Å². The molecule has 0 aromatic carbocycles. The average molecular weight is 252 g/mol. The number of nitrogens with zero attached hydrogens (tertiary/aromatic N) is 2. The van der Waals surface area contributed by atoms with E-state index in [9.17, 15) is 9.18 Å². The van der Waals surface area contributed by atoms with Gasteiger partial charge in [-0.05, 0) is 31.6 Å². The van der Waals surface area contributed by atoms with Crippen LogP contribution in [0.1, 0.15) is 37.7 Å². The summed E-state index contributed by atoms with van der Waals surface area (Å²) < 4.78 is 12.7. The van der Waals surface area contributed by atoms with Gasteiger partial charge in [0.25, 0.3) is 0 Å². The molecule has 1 unspecified atom stereocenters. The number of carbonyl (C=O) groups is 1. The van der Waals surface area contributed by atoms with Crippen LogP contribution < -0.4 is 0 Å². The molecule has 100 valence electrons. The number of ketones is 1. The molecule has 0 amide bonds. The van der Waals surface area contributed by atoms with E-state index in [2.05, 4.69) is 23.7 Å². The van der Waals surface area contributed by atoms with E-state index < -0.39 is 5.82 Å². The highest BCUT2D eigenvalue weighted by Gasteiger charge is 2.18. The highest BCUT2D eigenvalue weighted by Crippen LogP contribution is 2.09. The molecular formula is C14H21FN2O. The Hall–Kier alpha value is -1.29. The predicted molar refractivity (Wildman–Crippen MR) is 70.1 cm³/mol. The topological polar surface area (TPSA) is 33.2 Å². The average Bonchev–Trinajstić information content (AvgIpc) is 2.38. The Morgan fingerprint density at radius 2 is 2.17 bits per heavy atom. The Kier molecular flexibility index (Phi) is 5.92. The molecule has 0 bridgehead atoms. The molecule has 0 radical (unpaired) electrons. The number of hydrogen-bond donors (Lipinski definition) is 0. The van der Waals surface area contributed by atoms with Crippen molar-refractivity contribution in [2.24, 2.45) is 5.92 Å². The molecule has 0 fully saturated rings. The highest BCUT2D eigenvalue weighted by atomic mass is 19.1. The van der Waals surface area contributed by atoms with Gasteiger partial charge >= 0.3 is 0 Å². The molecule has 1 aromatic heterocycles. The minimum absolute atomic E-state index is 0.0236. The second-order valence-electron chi connectivity index (χ2n) is 4.52. The molecule has 1 rings (SSSR count). The number of Topliss-reactive ketones (excluding diaryl/α,β-unsaturated/α-hetero) is 1. The fourth-order valence-corrected chi connectivity index (χ4v) is 1.94. The lowest BCUT2D eigenvalue weighted by molar-refractivity contribution is 0.0890. The van der Waals surface area contributed by atoms with Crippen molar-refractivity contribution in [3.05, 3.63) is 29.8 Å². The van der Waals surface area contributed by atoms with Gasteiger partial charge in [0.15, 0.2) is 5.78 Å². The standard InChI is InChI=1S/C14H21FN2O/c1-4-8-17(5-2)10-11(3)14(18)13-7-6-12(15)9-16-13/h6-7,9,11H,4-5,8,10H2,1-3H3. The van der Waals surface area contributed by atoms with Crippen LogP contribution in [0.25, 0.3) is 0 Å². The van der Waals surface area contributed by atoms with Crippen molar-refractivity contribution in [3.63, 3.8) is 0 Å². The van der Waals surface area contributed by atoms with Gasteiger partial charge in [0, 0.05) is 12.5 Å². The van der Waals surface area contributed by atoms with E-state index in [1.165, 1.54) is 12.1 Å². The first kappa shape index (κ1) is 14.8. The maximum Gasteiger partial charge on any atom is 0.185 e. The Morgan fingerprint density at radius 1 is 1.44 bits per heavy atom. The molecule has 0 N–H and O–H groups in total. The lowest BCUT2D eigenvalue weighted by atomic mass is 10.0. The lowest BCUT2D eigenvalue weighted by Gasteiger charge is -2.22. The number of aromatic nitrogens is 1. The Morgan fingerprint density at radius 3 is 2.67 bits per heavy atom. The number of carbonyl (C=O) groups excluding carboxylic acids is 1. The molecule has 3 nitrogen and oxygen atoms in total. The molecule has 1 heterocycles. The molecule has 0 aliphatic carbocycles. The molecule has 4 heteroatoms. The summed E-state index contributed by atoms with van der Waals surface area (Å²) in [7, 11) is 0. The summed E-state index contributed by atoms with van der Waals surface area (Å²) in [5, 5.41) is 0. The van der Waals surface area contributed by atoms with Gasteiger partial charge in [-0.3, -0.25) is 9.78 Å². The summed E-state index contributed by atoms with van der Waals surface area (Å²) in [5.74, 6) is -0.556. The van der Waals surface area contributed by atoms with Crippen molar-refractivity contribution < 1.29 is 9.18 Å². The van der Waals surface area contributed by atoms with Crippen LogP contribution in [-0.4, -0.2) is 35.3 Å². The zero-order valence-corrected chi connectivity index (χ0v) is 11.3. The van der Waals surface area contributed by atoms with Crippen molar-refractivity contribution in [1.82, 2.24) is 9.88 Å². The molecule has 18 heavy (non-hydrogen) atoms. The Balaban J connectivity index is 2.63. The van der Waals surface area contributed by atoms with Crippen LogP contribution in [0.15, 0.2) is 18.3 Å². The molecule has 0 spiro atoms. The van der Waals surface area contributed by atoms with Crippen molar-refractivity contribution in [2.45, 2.75) is 27.2 Å². The minimum Gasteiger partial charge on any atom is -0.303 e. The van der Waals surface area contributed by atoms with Gasteiger partial charge in [0.05, 0.1) is 6.20 Å². The van der Waals surface area contributed by atoms with Gasteiger partial charge in [0.2, 0.25) is 0 Å². The van der Waals surface area contributed by atoms with E-state index in [-0.39, 0.29) is 11.7 Å². The number of halogens is 1. The first-order valence-corrected chi connectivity index (χ1v) is 6.46. The van der Waals surface area contributed by atoms with E-state index in [1.807, 2.05) is 6.92 Å². The maximum atomic E-state index is 12.7. The summed E-state index contributed by atoms with van der Waals surface area (Å²) in [6.45, 7) is 8.75. The number of pyridine rings is 1. The molecule has 1 atom stereocenters. The van der Waals surface area contributed by atoms with Gasteiger partial charge < -0.3 is 4.90 Å². The zero-order chi connectivity index (χ0) is 13.5. The molecular weight excluding hydrogens is 231 g/mol. The molecule has 0 aliphatic rings. The van der Waals surface area contributed by atoms with Gasteiger partial charge in [-0.2, -0.15) is 0 Å². The third kappa shape index (κ3) is 4.18. The minimum atomic E-state index is -0.416. The summed E-state index contributed by atoms with van der Waals surface area (Å²) in [6.07, 6.45) is 2.16. The second-order valence-corrected chi connectivity index (χ2v) is 4.52. The number of rotatable bonds is 7. The van der Waals surface area contributed by atoms with Gasteiger partial charge in [-0.25, -0.2) is 4.39 Å². The maximum absolute atomic E-state index is 12.7. The highest BCUT2D eigenvalue weighted by molar-refractivity contribution is 5.95. The van der Waals surface area contributed by atoms with E-state index in [4.69, 9.17) is 0 Å². The molecule has 0 saturated carbocycles. The SMILES string of the molecule is CCCN(CC)CC(C)C(=O)c1ccc(F)cn1. The predicted octanol–water partition coefficient (Wildman–Crippen LogP) is 2.77. The first-order chi connectivity index (χ1) is 8.58. The Labute approximate surface area is 108 Å². The van der Waals surface area contributed by atoms with E-state index in [0.29, 0.717) is 5.69 Å². The summed E-state index contributed by atoms with van der Waals surface area (Å²) in [6, 6.07) is 2.72. The second kappa shape index (κ2) is 7.21. The Bertz CT molecular complexity index is 378. The zero-order valence-electron chi connectivity index (χ0n) is 11.3. The molecule has 1 aromatic rings. The van der Waals surface area contributed by atoms with Crippen LogP contribution in [0.5, 0.6) is 0 Å². The van der Waals surface area contributed by atoms with Crippen LogP contribution in [0, 0.1) is 11.7 Å². The van der Waals surface area contributed by atoms with Crippen LogP contribution >= 0.6 is 0 Å². The summed E-state index contributed by atoms with van der Waals surface area (Å²) in [4.78, 5) is 18.2. The monoisotopic (exact) mass is 252 g/mol. The van der Waals surface area contributed by atoms with Crippen LogP contribution in [0.4, 0.5) is 4.39 Å². The third-order valence-corrected chi connectivity index (χ3v) is 2.95. The van der Waals surface area contributed by atoms with Crippen molar-refractivity contribution >= 4 is 5.78 Å². The van der Waals surface area contributed by atoms with Gasteiger partial charge in [-0.1, -0.05) is 20.8 Å². The van der Waals surface area contributed by atoms with Gasteiger partial charge in [-0.15, -0.1) is 0 Å². The van der Waals surface area contributed by atoms with Crippen molar-refractivity contribution in [3.8, 4) is 0 Å². The lowest BCUT2D eigenvalue weighted by Crippen LogP contribution is -2.32. The third-order valence-electron chi connectivity index (χ3n) is 2.95. The van der Waals surface area contributed by atoms with E-state index in [0.717, 1.165) is 32.3 Å². The smallest absolute Gasteiger partial charge is 0.185 e. The fourth-order valence-electron chi connectivity index (χ4n) is 1.94. The van der Waals surface area contributed by atoms with Crippen LogP contribution in [0.2, 0.25) is 0 Å². The first-order valence-electron chi connectivity index (χ1n) is 6.46. The summed E-state index contributed by atoms with van der Waals surface area (Å²) in [5.41, 5.74) is 0.344. The van der Waals surface area contributed by atoms with E-state index in [1.54, 1.807) is 0 Å². The molecule has 0 aliphatic heterocycles. The van der Waals surface area contributed by atoms with Crippen molar-refractivity contribution in [2.75, 3.05) is 19.6 Å². The summed E-state index contributed by atoms with van der Waals surface area (Å²) >= 11 is 0.